The number of aliphatic imine (C=N–C) groups is 1. The van der Waals surface area contributed by atoms with Gasteiger partial charge >= 0.3 is 0 Å². The van der Waals surface area contributed by atoms with Crippen LogP contribution in [0.1, 0.15) is 47.2 Å². The molecule has 0 unspecified atom stereocenters. The van der Waals surface area contributed by atoms with Gasteiger partial charge in [0.15, 0.2) is 0 Å². The van der Waals surface area contributed by atoms with E-state index >= 15 is 0 Å². The van der Waals surface area contributed by atoms with Crippen LogP contribution >= 0.6 is 0 Å². The molecule has 0 atom stereocenters. The zero-order chi connectivity index (χ0) is 22.9. The fraction of sp³-hybridized carbons (Fsp3) is 0.259. The summed E-state index contributed by atoms with van der Waals surface area (Å²) in [5, 5.41) is 3.20. The minimum absolute atomic E-state index is 0.212. The van der Waals surface area contributed by atoms with Crippen molar-refractivity contribution in [3.8, 4) is 0 Å². The summed E-state index contributed by atoms with van der Waals surface area (Å²) in [7, 11) is 0. The van der Waals surface area contributed by atoms with E-state index < -0.39 is 5.91 Å². The van der Waals surface area contributed by atoms with Crippen LogP contribution in [0.15, 0.2) is 71.9 Å². The van der Waals surface area contributed by atoms with E-state index in [1.807, 2.05) is 36.5 Å². The second-order valence-corrected chi connectivity index (χ2v) is 8.99. The Balaban J connectivity index is 1.55. The van der Waals surface area contributed by atoms with Crippen LogP contribution in [0.3, 0.4) is 0 Å². The standard InChI is InChI=1S/C27H29N5O/c28-20-9-11-21(12-10-20)31-26(29)18-8-13-23-24(27(30)33)16-32(25(23)14-18)15-19-6-3-5-17-4-1-2-7-22(17)19/h1-8,13-14,16,20-21H,9-12,15,28H2,(H2,29,31)(H2,30,33). The van der Waals surface area contributed by atoms with Gasteiger partial charge in [-0.25, -0.2) is 0 Å². The van der Waals surface area contributed by atoms with Gasteiger partial charge in [0.25, 0.3) is 5.91 Å². The molecule has 1 aliphatic rings. The van der Waals surface area contributed by atoms with Crippen LogP contribution in [0.2, 0.25) is 0 Å². The smallest absolute Gasteiger partial charge is 0.250 e. The summed E-state index contributed by atoms with van der Waals surface area (Å²) in [5.74, 6) is 0.0838. The lowest BCUT2D eigenvalue weighted by atomic mass is 9.92. The first kappa shape index (κ1) is 21.2. The number of nitrogens with two attached hydrogens (primary N) is 3. The number of nitrogens with zero attached hydrogens (tertiary/aromatic N) is 2. The first-order valence-electron chi connectivity index (χ1n) is 11.5. The number of amidine groups is 1. The zero-order valence-electron chi connectivity index (χ0n) is 18.6. The molecule has 1 heterocycles. The second kappa shape index (κ2) is 8.71. The third-order valence-corrected chi connectivity index (χ3v) is 6.73. The highest BCUT2D eigenvalue weighted by molar-refractivity contribution is 6.08. The van der Waals surface area contributed by atoms with Crippen molar-refractivity contribution in [1.82, 2.24) is 4.57 Å². The van der Waals surface area contributed by atoms with Crippen LogP contribution in [0.4, 0.5) is 0 Å². The predicted octanol–water partition coefficient (Wildman–Crippen LogP) is 3.92. The molecule has 5 rings (SSSR count). The van der Waals surface area contributed by atoms with E-state index in [0.29, 0.717) is 17.9 Å². The Hall–Kier alpha value is -3.64. The number of benzene rings is 3. The molecule has 6 nitrogen and oxygen atoms in total. The van der Waals surface area contributed by atoms with Crippen molar-refractivity contribution < 1.29 is 4.79 Å². The normalized spacial score (nSPS) is 19.2. The fourth-order valence-electron chi connectivity index (χ4n) is 4.89. The van der Waals surface area contributed by atoms with E-state index in [4.69, 9.17) is 22.2 Å². The molecular formula is C27H29N5O. The van der Waals surface area contributed by atoms with E-state index in [0.717, 1.165) is 42.1 Å². The number of amides is 1. The molecule has 1 aliphatic carbocycles. The molecule has 0 saturated heterocycles. The van der Waals surface area contributed by atoms with Gasteiger partial charge in [-0.3, -0.25) is 9.79 Å². The topological polar surface area (TPSA) is 112 Å². The van der Waals surface area contributed by atoms with Gasteiger partial charge in [0, 0.05) is 35.2 Å². The number of carbonyl (C=O) groups is 1. The van der Waals surface area contributed by atoms with Crippen LogP contribution < -0.4 is 17.2 Å². The maximum Gasteiger partial charge on any atom is 0.250 e. The Morgan fingerprint density at radius 1 is 0.939 bits per heavy atom. The predicted molar refractivity (Wildman–Crippen MR) is 134 cm³/mol. The van der Waals surface area contributed by atoms with Gasteiger partial charge < -0.3 is 21.8 Å². The molecule has 33 heavy (non-hydrogen) atoms. The van der Waals surface area contributed by atoms with E-state index in [-0.39, 0.29) is 12.1 Å². The number of rotatable bonds is 5. The molecule has 6 N–H and O–H groups in total. The highest BCUT2D eigenvalue weighted by atomic mass is 16.1. The zero-order valence-corrected chi connectivity index (χ0v) is 18.6. The third kappa shape index (κ3) is 4.22. The molecule has 1 fully saturated rings. The van der Waals surface area contributed by atoms with Gasteiger partial charge in [0.05, 0.1) is 11.6 Å². The highest BCUT2D eigenvalue weighted by Crippen LogP contribution is 2.27. The molecule has 0 bridgehead atoms. The van der Waals surface area contributed by atoms with Crippen molar-refractivity contribution >= 4 is 33.4 Å². The lowest BCUT2D eigenvalue weighted by Crippen LogP contribution is -2.29. The Bertz CT molecular complexity index is 1360. The highest BCUT2D eigenvalue weighted by Gasteiger charge is 2.19. The van der Waals surface area contributed by atoms with Crippen molar-refractivity contribution in [2.24, 2.45) is 22.2 Å². The first-order chi connectivity index (χ1) is 16.0. The molecule has 1 amide bonds. The van der Waals surface area contributed by atoms with E-state index in [1.165, 1.54) is 16.3 Å². The van der Waals surface area contributed by atoms with Crippen LogP contribution in [0, 0.1) is 0 Å². The van der Waals surface area contributed by atoms with E-state index in [1.54, 1.807) is 0 Å². The minimum Gasteiger partial charge on any atom is -0.383 e. The molecule has 1 aromatic heterocycles. The summed E-state index contributed by atoms with van der Waals surface area (Å²) in [6, 6.07) is 20.9. The maximum absolute atomic E-state index is 12.2. The van der Waals surface area contributed by atoms with Crippen molar-refractivity contribution in [2.45, 2.75) is 44.3 Å². The van der Waals surface area contributed by atoms with Crippen molar-refractivity contribution in [3.05, 3.63) is 83.6 Å². The Kier molecular flexibility index (Phi) is 5.60. The number of carbonyl (C=O) groups excluding carboxylic acids is 1. The molecule has 1 saturated carbocycles. The molecule has 4 aromatic rings. The molecule has 0 radical (unpaired) electrons. The molecule has 168 valence electrons. The Labute approximate surface area is 193 Å². The summed E-state index contributed by atoms with van der Waals surface area (Å²) in [6.45, 7) is 0.617. The quantitative estimate of drug-likeness (QED) is 0.324. The fourth-order valence-corrected chi connectivity index (χ4v) is 4.89. The summed E-state index contributed by atoms with van der Waals surface area (Å²) in [5.41, 5.74) is 21.6. The number of hydrogen-bond acceptors (Lipinski definition) is 3. The van der Waals surface area contributed by atoms with Crippen LogP contribution in [0.5, 0.6) is 0 Å². The molecule has 6 heteroatoms. The Morgan fingerprint density at radius 2 is 1.70 bits per heavy atom. The number of primary amides is 1. The maximum atomic E-state index is 12.2. The average Bonchev–Trinajstić information content (AvgIpc) is 3.19. The SMILES string of the molecule is NC(=O)c1cn(Cc2cccc3ccccc23)c2cc(C(N)=NC3CCC(N)CC3)ccc12. The van der Waals surface area contributed by atoms with Gasteiger partial charge in [-0.2, -0.15) is 0 Å². The number of aromatic nitrogens is 1. The first-order valence-corrected chi connectivity index (χ1v) is 11.5. The van der Waals surface area contributed by atoms with Crippen LogP contribution in [-0.4, -0.2) is 28.4 Å². The number of fused-ring (bicyclic) bond motifs is 2. The monoisotopic (exact) mass is 439 g/mol. The lowest BCUT2D eigenvalue weighted by molar-refractivity contribution is 0.100. The van der Waals surface area contributed by atoms with Gasteiger partial charge in [-0.1, -0.05) is 54.6 Å². The lowest BCUT2D eigenvalue weighted by Gasteiger charge is -2.23. The van der Waals surface area contributed by atoms with Crippen molar-refractivity contribution in [1.29, 1.82) is 0 Å². The van der Waals surface area contributed by atoms with Crippen molar-refractivity contribution in [3.63, 3.8) is 0 Å². The van der Waals surface area contributed by atoms with Gasteiger partial charge in [-0.15, -0.1) is 0 Å². The second-order valence-electron chi connectivity index (χ2n) is 8.99. The molecule has 0 aliphatic heterocycles. The van der Waals surface area contributed by atoms with Gasteiger partial charge in [-0.05, 0) is 48.1 Å². The van der Waals surface area contributed by atoms with Gasteiger partial charge in [0.2, 0.25) is 0 Å². The average molecular weight is 440 g/mol. The molecular weight excluding hydrogens is 410 g/mol. The van der Waals surface area contributed by atoms with Crippen molar-refractivity contribution in [2.75, 3.05) is 0 Å². The minimum atomic E-state index is -0.440. The largest absolute Gasteiger partial charge is 0.383 e. The molecule has 0 spiro atoms. The summed E-state index contributed by atoms with van der Waals surface area (Å²) >= 11 is 0. The summed E-state index contributed by atoms with van der Waals surface area (Å²) < 4.78 is 2.08. The van der Waals surface area contributed by atoms with E-state index in [9.17, 15) is 4.79 Å². The number of hydrogen-bond donors (Lipinski definition) is 3. The molecule has 3 aromatic carbocycles. The van der Waals surface area contributed by atoms with E-state index in [2.05, 4.69) is 34.9 Å². The Morgan fingerprint density at radius 3 is 2.48 bits per heavy atom. The summed E-state index contributed by atoms with van der Waals surface area (Å²) in [6.07, 6.45) is 5.74. The van der Waals surface area contributed by atoms with Crippen LogP contribution in [0.25, 0.3) is 21.7 Å². The van der Waals surface area contributed by atoms with Gasteiger partial charge in [0.1, 0.15) is 5.84 Å². The van der Waals surface area contributed by atoms with Crippen LogP contribution in [-0.2, 0) is 6.54 Å². The third-order valence-electron chi connectivity index (χ3n) is 6.73. The summed E-state index contributed by atoms with van der Waals surface area (Å²) in [4.78, 5) is 16.9.